The van der Waals surface area contributed by atoms with Crippen LogP contribution < -0.4 is 11.1 Å². The molecule has 6 rings (SSSR count). The maximum atomic E-state index is 14.3. The second-order valence-corrected chi connectivity index (χ2v) is 12.2. The van der Waals surface area contributed by atoms with Crippen LogP contribution in [0.5, 0.6) is 0 Å². The number of fused-ring (bicyclic) bond motifs is 3. The lowest BCUT2D eigenvalue weighted by atomic mass is 9.79. The highest BCUT2D eigenvalue weighted by Gasteiger charge is 2.58. The zero-order chi connectivity index (χ0) is 27.0. The van der Waals surface area contributed by atoms with Gasteiger partial charge in [-0.3, -0.25) is 23.9 Å². The Bertz CT molecular complexity index is 1360. The first-order valence-corrected chi connectivity index (χ1v) is 13.4. The molecule has 1 saturated carbocycles. The Labute approximate surface area is 221 Å². The number of carbonyl (C=O) groups is 4. The third-order valence-corrected chi connectivity index (χ3v) is 8.57. The summed E-state index contributed by atoms with van der Waals surface area (Å²) in [5, 5.41) is 7.51. The van der Waals surface area contributed by atoms with Crippen LogP contribution in [0.2, 0.25) is 0 Å². The van der Waals surface area contributed by atoms with Crippen molar-refractivity contribution in [3.05, 3.63) is 47.3 Å². The quantitative estimate of drug-likeness (QED) is 0.623. The van der Waals surface area contributed by atoms with Crippen LogP contribution in [0, 0.1) is 5.92 Å². The van der Waals surface area contributed by atoms with Crippen LogP contribution in [-0.4, -0.2) is 68.4 Å². The second-order valence-electron chi connectivity index (χ2n) is 12.2. The highest BCUT2D eigenvalue weighted by molar-refractivity contribution is 6.08. The van der Waals surface area contributed by atoms with Gasteiger partial charge in [0.25, 0.3) is 5.91 Å². The summed E-state index contributed by atoms with van der Waals surface area (Å²) in [6, 6.07) is 5.70. The molecule has 3 atom stereocenters. The number of nitrogens with one attached hydrogen (secondary N) is 1. The fraction of sp³-hybridized carbons (Fsp3) is 0.536. The van der Waals surface area contributed by atoms with Gasteiger partial charge in [0.05, 0.1) is 11.0 Å². The standard InChI is InChI=1S/C28H34N6O4/c1-27(2,3)34-14-17-10-11-32(25(37)22(17)31-34)20(12-16-8-9-16)24(36)33-15-28(13-21(33)23(29)35)18-6-4-5-7-19(18)30-26(28)38/h4-7,14,16,20-21H,8-13,15H2,1-3H3,(H2,29,35)(H,30,38)/t20-,21-,28-/m0/s1. The zero-order valence-electron chi connectivity index (χ0n) is 22.1. The Balaban J connectivity index is 1.33. The summed E-state index contributed by atoms with van der Waals surface area (Å²) >= 11 is 0. The number of aromatic nitrogens is 2. The average Bonchev–Trinajstić information content (AvgIpc) is 3.31. The molecule has 10 heteroatoms. The van der Waals surface area contributed by atoms with Gasteiger partial charge in [-0.1, -0.05) is 31.0 Å². The van der Waals surface area contributed by atoms with Crippen molar-refractivity contribution in [3.63, 3.8) is 0 Å². The van der Waals surface area contributed by atoms with Gasteiger partial charge in [0.2, 0.25) is 17.7 Å². The van der Waals surface area contributed by atoms with Crippen molar-refractivity contribution in [3.8, 4) is 0 Å². The average molecular weight is 519 g/mol. The molecule has 0 radical (unpaired) electrons. The number of likely N-dealkylation sites (tertiary alicyclic amines) is 1. The van der Waals surface area contributed by atoms with E-state index in [4.69, 9.17) is 5.73 Å². The van der Waals surface area contributed by atoms with Gasteiger partial charge in [0, 0.05) is 30.5 Å². The van der Waals surface area contributed by atoms with E-state index in [9.17, 15) is 19.2 Å². The molecule has 200 valence electrons. The molecule has 1 aliphatic carbocycles. The molecule has 1 saturated heterocycles. The molecule has 1 aromatic heterocycles. The van der Waals surface area contributed by atoms with Crippen LogP contribution >= 0.6 is 0 Å². The molecule has 10 nitrogen and oxygen atoms in total. The summed E-state index contributed by atoms with van der Waals surface area (Å²) in [5.41, 5.74) is 7.23. The van der Waals surface area contributed by atoms with Crippen LogP contribution in [0.4, 0.5) is 5.69 Å². The van der Waals surface area contributed by atoms with E-state index in [1.165, 1.54) is 4.90 Å². The van der Waals surface area contributed by atoms with Crippen molar-refractivity contribution in [2.45, 2.75) is 75.9 Å². The van der Waals surface area contributed by atoms with Crippen molar-refractivity contribution in [2.75, 3.05) is 18.4 Å². The van der Waals surface area contributed by atoms with E-state index in [-0.39, 0.29) is 36.2 Å². The molecule has 0 unspecified atom stereocenters. The summed E-state index contributed by atoms with van der Waals surface area (Å²) in [6.45, 7) is 6.52. The Morgan fingerprint density at radius 3 is 2.63 bits per heavy atom. The van der Waals surface area contributed by atoms with Gasteiger partial charge in [0.15, 0.2) is 5.69 Å². The Morgan fingerprint density at radius 2 is 1.95 bits per heavy atom. The molecule has 1 aromatic carbocycles. The zero-order valence-corrected chi connectivity index (χ0v) is 22.1. The fourth-order valence-corrected chi connectivity index (χ4v) is 6.24. The van der Waals surface area contributed by atoms with E-state index >= 15 is 0 Å². The lowest BCUT2D eigenvalue weighted by molar-refractivity contribution is -0.141. The molecule has 1 spiro atoms. The molecule has 4 heterocycles. The Kier molecular flexibility index (Phi) is 5.45. The molecular formula is C28H34N6O4. The maximum Gasteiger partial charge on any atom is 0.275 e. The third kappa shape index (κ3) is 3.80. The number of nitrogens with two attached hydrogens (primary N) is 1. The maximum absolute atomic E-state index is 14.3. The Hall–Kier alpha value is -3.69. The van der Waals surface area contributed by atoms with Crippen LogP contribution in [0.1, 0.15) is 68.1 Å². The minimum Gasteiger partial charge on any atom is -0.368 e. The van der Waals surface area contributed by atoms with Gasteiger partial charge < -0.3 is 20.9 Å². The van der Waals surface area contributed by atoms with Crippen LogP contribution in [0.3, 0.4) is 0 Å². The lowest BCUT2D eigenvalue weighted by Gasteiger charge is -2.36. The van der Waals surface area contributed by atoms with Crippen molar-refractivity contribution < 1.29 is 19.2 Å². The number of anilines is 1. The van der Waals surface area contributed by atoms with Gasteiger partial charge in [-0.2, -0.15) is 5.10 Å². The number of carbonyl (C=O) groups excluding carboxylic acids is 4. The largest absolute Gasteiger partial charge is 0.368 e. The molecule has 38 heavy (non-hydrogen) atoms. The lowest BCUT2D eigenvalue weighted by Crippen LogP contribution is -2.56. The van der Waals surface area contributed by atoms with Gasteiger partial charge >= 0.3 is 0 Å². The first-order valence-electron chi connectivity index (χ1n) is 13.4. The minimum atomic E-state index is -1.04. The number of hydrogen-bond donors (Lipinski definition) is 2. The molecule has 4 aliphatic rings. The number of primary amides is 1. The highest BCUT2D eigenvalue weighted by Crippen LogP contribution is 2.47. The first kappa shape index (κ1) is 24.6. The highest BCUT2D eigenvalue weighted by atomic mass is 16.2. The molecule has 2 fully saturated rings. The summed E-state index contributed by atoms with van der Waals surface area (Å²) < 4.78 is 1.81. The van der Waals surface area contributed by atoms with Gasteiger partial charge in [-0.25, -0.2) is 0 Å². The normalized spacial score (nSPS) is 25.4. The molecule has 4 amide bonds. The van der Waals surface area contributed by atoms with Crippen LogP contribution in [-0.2, 0) is 31.8 Å². The number of para-hydroxylation sites is 1. The summed E-state index contributed by atoms with van der Waals surface area (Å²) in [5.74, 6) is -1.10. The summed E-state index contributed by atoms with van der Waals surface area (Å²) in [6.07, 6.45) is 5.19. The Morgan fingerprint density at radius 1 is 1.21 bits per heavy atom. The summed E-state index contributed by atoms with van der Waals surface area (Å²) in [7, 11) is 0. The molecule has 3 N–H and O–H groups in total. The van der Waals surface area contributed by atoms with E-state index in [2.05, 4.69) is 10.4 Å². The SMILES string of the molecule is CC(C)(C)n1cc2c(n1)C(=O)N([C@@H](CC1CC1)C(=O)N1C[C@]3(C[C@H]1C(N)=O)C(=O)Nc1ccccc13)CC2. The number of benzene rings is 1. The van der Waals surface area contributed by atoms with Gasteiger partial charge in [0.1, 0.15) is 12.1 Å². The van der Waals surface area contributed by atoms with Crippen molar-refractivity contribution in [1.82, 2.24) is 19.6 Å². The second kappa shape index (κ2) is 8.41. The number of hydrogen-bond acceptors (Lipinski definition) is 5. The smallest absolute Gasteiger partial charge is 0.275 e. The predicted molar refractivity (Wildman–Crippen MR) is 139 cm³/mol. The van der Waals surface area contributed by atoms with Crippen molar-refractivity contribution >= 4 is 29.3 Å². The fourth-order valence-electron chi connectivity index (χ4n) is 6.24. The van der Waals surface area contributed by atoms with Gasteiger partial charge in [-0.15, -0.1) is 0 Å². The van der Waals surface area contributed by atoms with Crippen LogP contribution in [0.15, 0.2) is 30.5 Å². The molecule has 2 aromatic rings. The van der Waals surface area contributed by atoms with E-state index in [1.54, 1.807) is 9.58 Å². The molecular weight excluding hydrogens is 484 g/mol. The number of amides is 4. The predicted octanol–water partition coefficient (Wildman–Crippen LogP) is 1.78. The van der Waals surface area contributed by atoms with E-state index in [1.807, 2.05) is 51.2 Å². The van der Waals surface area contributed by atoms with Crippen LogP contribution in [0.25, 0.3) is 0 Å². The molecule has 0 bridgehead atoms. The number of nitrogens with zero attached hydrogens (tertiary/aromatic N) is 4. The van der Waals surface area contributed by atoms with E-state index < -0.39 is 23.4 Å². The van der Waals surface area contributed by atoms with Crippen molar-refractivity contribution in [1.29, 1.82) is 0 Å². The van der Waals surface area contributed by atoms with Gasteiger partial charge in [-0.05, 0) is 57.6 Å². The van der Waals surface area contributed by atoms with E-state index in [0.717, 1.165) is 24.0 Å². The monoisotopic (exact) mass is 518 g/mol. The minimum absolute atomic E-state index is 0.0510. The topological polar surface area (TPSA) is 131 Å². The first-order chi connectivity index (χ1) is 18.0. The number of rotatable bonds is 5. The third-order valence-electron chi connectivity index (χ3n) is 8.57. The van der Waals surface area contributed by atoms with Crippen molar-refractivity contribution in [2.24, 2.45) is 11.7 Å². The molecule has 3 aliphatic heterocycles. The van der Waals surface area contributed by atoms with E-state index in [0.29, 0.717) is 36.7 Å². The summed E-state index contributed by atoms with van der Waals surface area (Å²) in [4.78, 5) is 57.0.